The van der Waals surface area contributed by atoms with Gasteiger partial charge in [-0.15, -0.1) is 5.10 Å². The Hall–Kier alpha value is -2.97. The van der Waals surface area contributed by atoms with Crippen molar-refractivity contribution in [2.75, 3.05) is 36.4 Å². The molecule has 0 aromatic carbocycles. The normalized spacial score (nSPS) is 13.7. The van der Waals surface area contributed by atoms with Gasteiger partial charge in [-0.3, -0.25) is 14.2 Å². The predicted molar refractivity (Wildman–Crippen MR) is 98.2 cm³/mol. The molecule has 1 amide bonds. The van der Waals surface area contributed by atoms with Gasteiger partial charge in [-0.1, -0.05) is 0 Å². The number of nitrogens with one attached hydrogen (secondary N) is 2. The maximum atomic E-state index is 11.9. The van der Waals surface area contributed by atoms with Gasteiger partial charge in [-0.2, -0.15) is 5.10 Å². The lowest BCUT2D eigenvalue weighted by atomic mass is 10.4. The average molecular weight is 357 g/mol. The molecule has 26 heavy (non-hydrogen) atoms. The molecular formula is C17H23N7O2. The summed E-state index contributed by atoms with van der Waals surface area (Å²) >= 11 is 0. The molecule has 0 unspecified atom stereocenters. The number of carbonyl (C=O) groups is 1. The molecule has 3 heterocycles. The second-order valence-corrected chi connectivity index (χ2v) is 6.27. The maximum Gasteiger partial charge on any atom is 0.253 e. The number of carbonyl (C=O) groups excluding carboxylic acids is 1. The monoisotopic (exact) mass is 357 g/mol. The standard InChI is InChI=1S/C17H23N7O2/c1-13-8-17(26)24(12-20-13)11-16(25)19-5-4-18-15-9-14(10-21-22-15)23-6-2-3-7-23/h8-10,12H,2-7,11H2,1H3,(H,18,22)(H,19,25). The van der Waals surface area contributed by atoms with Gasteiger partial charge in [0.15, 0.2) is 5.82 Å². The Balaban J connectivity index is 1.43. The Labute approximate surface area is 151 Å². The van der Waals surface area contributed by atoms with Gasteiger partial charge < -0.3 is 15.5 Å². The molecule has 0 radical (unpaired) electrons. The molecule has 3 rings (SSSR count). The van der Waals surface area contributed by atoms with Crippen molar-refractivity contribution in [2.45, 2.75) is 26.3 Å². The summed E-state index contributed by atoms with van der Waals surface area (Å²) in [5, 5.41) is 14.0. The molecular weight excluding hydrogens is 334 g/mol. The van der Waals surface area contributed by atoms with E-state index in [0.29, 0.717) is 24.6 Å². The van der Waals surface area contributed by atoms with Gasteiger partial charge in [0.2, 0.25) is 5.91 Å². The molecule has 0 atom stereocenters. The molecule has 1 aliphatic heterocycles. The molecule has 2 N–H and O–H groups in total. The highest BCUT2D eigenvalue weighted by atomic mass is 16.2. The molecule has 1 aliphatic rings. The second kappa shape index (κ2) is 8.41. The van der Waals surface area contributed by atoms with Crippen molar-refractivity contribution >= 4 is 17.4 Å². The van der Waals surface area contributed by atoms with Crippen LogP contribution in [-0.2, 0) is 11.3 Å². The summed E-state index contributed by atoms with van der Waals surface area (Å²) < 4.78 is 1.28. The molecule has 0 aliphatic carbocycles. The Kier molecular flexibility index (Phi) is 5.77. The maximum absolute atomic E-state index is 11.9. The number of amides is 1. The summed E-state index contributed by atoms with van der Waals surface area (Å²) in [6.45, 7) is 4.73. The fraction of sp³-hybridized carbons (Fsp3) is 0.471. The first-order valence-electron chi connectivity index (χ1n) is 8.73. The van der Waals surface area contributed by atoms with E-state index in [2.05, 4.69) is 30.7 Å². The number of anilines is 2. The van der Waals surface area contributed by atoms with Gasteiger partial charge >= 0.3 is 0 Å². The van der Waals surface area contributed by atoms with Crippen molar-refractivity contribution in [1.29, 1.82) is 0 Å². The SMILES string of the molecule is Cc1cc(=O)n(CC(=O)NCCNc2cc(N3CCCC3)cnn2)cn1. The zero-order valence-corrected chi connectivity index (χ0v) is 14.8. The first kappa shape index (κ1) is 17.8. The fourth-order valence-corrected chi connectivity index (χ4v) is 2.83. The molecule has 1 fully saturated rings. The molecule has 2 aromatic rings. The second-order valence-electron chi connectivity index (χ2n) is 6.27. The minimum absolute atomic E-state index is 0.0453. The number of hydrogen-bond donors (Lipinski definition) is 2. The summed E-state index contributed by atoms with van der Waals surface area (Å²) in [5.41, 5.74) is 1.46. The summed E-state index contributed by atoms with van der Waals surface area (Å²) in [6, 6.07) is 3.37. The number of nitrogens with zero attached hydrogens (tertiary/aromatic N) is 5. The molecule has 9 nitrogen and oxygen atoms in total. The first-order valence-corrected chi connectivity index (χ1v) is 8.73. The summed E-state index contributed by atoms with van der Waals surface area (Å²) in [6.07, 6.45) is 5.56. The van der Waals surface area contributed by atoms with Gasteiger partial charge in [0, 0.05) is 44.0 Å². The number of rotatable bonds is 7. The van der Waals surface area contributed by atoms with Crippen LogP contribution in [0.15, 0.2) is 29.5 Å². The molecule has 0 spiro atoms. The lowest BCUT2D eigenvalue weighted by Gasteiger charge is -2.17. The van der Waals surface area contributed by atoms with E-state index in [1.165, 1.54) is 29.8 Å². The Morgan fingerprint density at radius 3 is 2.81 bits per heavy atom. The van der Waals surface area contributed by atoms with E-state index < -0.39 is 0 Å². The quantitative estimate of drug-likeness (QED) is 0.681. The minimum Gasteiger partial charge on any atom is -0.370 e. The lowest BCUT2D eigenvalue weighted by Crippen LogP contribution is -2.34. The van der Waals surface area contributed by atoms with Crippen molar-refractivity contribution in [2.24, 2.45) is 0 Å². The average Bonchev–Trinajstić information content (AvgIpc) is 3.16. The first-order chi connectivity index (χ1) is 12.6. The van der Waals surface area contributed by atoms with Crippen LogP contribution < -0.4 is 21.1 Å². The summed E-state index contributed by atoms with van der Waals surface area (Å²) in [5.74, 6) is 0.444. The van der Waals surface area contributed by atoms with Gasteiger partial charge in [0.05, 0.1) is 18.2 Å². The molecule has 1 saturated heterocycles. The van der Waals surface area contributed by atoms with Crippen LogP contribution in [-0.4, -0.2) is 51.8 Å². The number of aryl methyl sites for hydroxylation is 1. The van der Waals surface area contributed by atoms with Crippen molar-refractivity contribution in [3.63, 3.8) is 0 Å². The zero-order chi connectivity index (χ0) is 18.4. The van der Waals surface area contributed by atoms with Crippen molar-refractivity contribution in [1.82, 2.24) is 25.1 Å². The van der Waals surface area contributed by atoms with Crippen LogP contribution in [0.3, 0.4) is 0 Å². The van der Waals surface area contributed by atoms with E-state index in [9.17, 15) is 9.59 Å². The minimum atomic E-state index is -0.239. The van der Waals surface area contributed by atoms with Crippen molar-refractivity contribution < 1.29 is 4.79 Å². The number of aromatic nitrogens is 4. The molecule has 2 aromatic heterocycles. The van der Waals surface area contributed by atoms with Crippen LogP contribution in [0.25, 0.3) is 0 Å². The van der Waals surface area contributed by atoms with Gasteiger partial charge in [-0.05, 0) is 19.8 Å². The smallest absolute Gasteiger partial charge is 0.253 e. The van der Waals surface area contributed by atoms with Crippen LogP contribution >= 0.6 is 0 Å². The third kappa shape index (κ3) is 4.78. The van der Waals surface area contributed by atoms with Crippen LogP contribution in [0, 0.1) is 6.92 Å². The predicted octanol–water partition coefficient (Wildman–Crippen LogP) is 0.170. The van der Waals surface area contributed by atoms with Gasteiger partial charge in [-0.25, -0.2) is 4.98 Å². The van der Waals surface area contributed by atoms with Crippen LogP contribution in [0.1, 0.15) is 18.5 Å². The van der Waals surface area contributed by atoms with Gasteiger partial charge in [0.25, 0.3) is 5.56 Å². The van der Waals surface area contributed by atoms with E-state index >= 15 is 0 Å². The van der Waals surface area contributed by atoms with E-state index in [1.807, 2.05) is 6.07 Å². The van der Waals surface area contributed by atoms with E-state index in [1.54, 1.807) is 13.1 Å². The Morgan fingerprint density at radius 2 is 2.04 bits per heavy atom. The van der Waals surface area contributed by atoms with E-state index in [4.69, 9.17) is 0 Å². The molecule has 0 saturated carbocycles. The fourth-order valence-electron chi connectivity index (χ4n) is 2.83. The van der Waals surface area contributed by atoms with Crippen LogP contribution in [0.4, 0.5) is 11.5 Å². The third-order valence-corrected chi connectivity index (χ3v) is 4.19. The highest BCUT2D eigenvalue weighted by molar-refractivity contribution is 5.75. The molecule has 0 bridgehead atoms. The molecule has 9 heteroatoms. The highest BCUT2D eigenvalue weighted by Crippen LogP contribution is 2.20. The third-order valence-electron chi connectivity index (χ3n) is 4.19. The van der Waals surface area contributed by atoms with Crippen molar-refractivity contribution in [3.8, 4) is 0 Å². The lowest BCUT2D eigenvalue weighted by molar-refractivity contribution is -0.121. The van der Waals surface area contributed by atoms with Crippen LogP contribution in [0.5, 0.6) is 0 Å². The van der Waals surface area contributed by atoms with E-state index in [0.717, 1.165) is 18.8 Å². The van der Waals surface area contributed by atoms with Crippen LogP contribution in [0.2, 0.25) is 0 Å². The Bertz CT molecular complexity index is 815. The highest BCUT2D eigenvalue weighted by Gasteiger charge is 2.13. The largest absolute Gasteiger partial charge is 0.370 e. The summed E-state index contributed by atoms with van der Waals surface area (Å²) in [7, 11) is 0. The Morgan fingerprint density at radius 1 is 1.23 bits per heavy atom. The zero-order valence-electron chi connectivity index (χ0n) is 14.8. The van der Waals surface area contributed by atoms with E-state index in [-0.39, 0.29) is 18.0 Å². The van der Waals surface area contributed by atoms with Gasteiger partial charge in [0.1, 0.15) is 6.54 Å². The topological polar surface area (TPSA) is 105 Å². The van der Waals surface area contributed by atoms with Crippen molar-refractivity contribution in [3.05, 3.63) is 40.7 Å². The summed E-state index contributed by atoms with van der Waals surface area (Å²) in [4.78, 5) is 30.0. The molecule has 138 valence electrons. The number of hydrogen-bond acceptors (Lipinski definition) is 7.